The highest BCUT2D eigenvalue weighted by molar-refractivity contribution is 6.10. The van der Waals surface area contributed by atoms with Crippen molar-refractivity contribution >= 4 is 28.5 Å². The molecule has 2 N–H and O–H groups in total. The summed E-state index contributed by atoms with van der Waals surface area (Å²) >= 11 is 0. The molecule has 6 nitrogen and oxygen atoms in total. The zero-order valence-corrected chi connectivity index (χ0v) is 13.9. The van der Waals surface area contributed by atoms with Gasteiger partial charge in [0.25, 0.3) is 0 Å². The molecule has 0 spiro atoms. The maximum atomic E-state index is 12.4. The molecule has 0 unspecified atom stereocenters. The number of para-hydroxylation sites is 1. The van der Waals surface area contributed by atoms with Gasteiger partial charge in [0.2, 0.25) is 5.91 Å². The van der Waals surface area contributed by atoms with Crippen LogP contribution in [0.5, 0.6) is 0 Å². The number of amides is 1. The summed E-state index contributed by atoms with van der Waals surface area (Å²) in [5.74, 6) is -0.576. The maximum Gasteiger partial charge on any atom is 0.356 e. The van der Waals surface area contributed by atoms with Gasteiger partial charge in [-0.15, -0.1) is 0 Å². The van der Waals surface area contributed by atoms with Crippen LogP contribution in [0.3, 0.4) is 0 Å². The molecule has 1 aromatic carbocycles. The molecule has 2 heterocycles. The monoisotopic (exact) mass is 329 g/mol. The second kappa shape index (κ2) is 7.49. The number of hydrogen-bond acceptors (Lipinski definition) is 4. The minimum Gasteiger partial charge on any atom is -0.464 e. The molecule has 1 aliphatic heterocycles. The second-order valence-corrected chi connectivity index (χ2v) is 6.11. The largest absolute Gasteiger partial charge is 0.464 e. The topological polar surface area (TPSA) is 74.4 Å². The number of hydrogen-bond donors (Lipinski definition) is 2. The molecule has 0 bridgehead atoms. The number of piperidine rings is 1. The first-order chi connectivity index (χ1) is 11.7. The van der Waals surface area contributed by atoms with E-state index in [1.165, 1.54) is 26.4 Å². The van der Waals surface area contributed by atoms with Crippen molar-refractivity contribution in [3.63, 3.8) is 0 Å². The number of H-pyrrole nitrogens is 1. The van der Waals surface area contributed by atoms with E-state index in [4.69, 9.17) is 4.74 Å². The lowest BCUT2D eigenvalue weighted by molar-refractivity contribution is -0.116. The number of benzene rings is 1. The van der Waals surface area contributed by atoms with Gasteiger partial charge in [-0.1, -0.05) is 24.6 Å². The van der Waals surface area contributed by atoms with Crippen LogP contribution < -0.4 is 5.32 Å². The van der Waals surface area contributed by atoms with E-state index in [0.29, 0.717) is 12.1 Å². The summed E-state index contributed by atoms with van der Waals surface area (Å²) in [6.07, 6.45) is 4.10. The summed E-state index contributed by atoms with van der Waals surface area (Å²) in [5, 5.41) is 3.70. The molecule has 24 heavy (non-hydrogen) atoms. The summed E-state index contributed by atoms with van der Waals surface area (Å²) in [5.41, 5.74) is 1.58. The highest BCUT2D eigenvalue weighted by atomic mass is 16.5. The van der Waals surface area contributed by atoms with Gasteiger partial charge < -0.3 is 19.9 Å². The van der Waals surface area contributed by atoms with Gasteiger partial charge in [-0.25, -0.2) is 4.79 Å². The van der Waals surface area contributed by atoms with E-state index in [0.717, 1.165) is 30.5 Å². The van der Waals surface area contributed by atoms with Crippen LogP contribution in [0.25, 0.3) is 10.9 Å². The first kappa shape index (κ1) is 16.5. The van der Waals surface area contributed by atoms with Crippen LogP contribution in [0.15, 0.2) is 24.3 Å². The molecule has 0 atom stereocenters. The molecule has 1 fully saturated rings. The number of anilines is 1. The molecule has 6 heteroatoms. The number of nitrogens with one attached hydrogen (secondary N) is 2. The Morgan fingerprint density at radius 3 is 2.71 bits per heavy atom. The van der Waals surface area contributed by atoms with Crippen LogP contribution in [0.4, 0.5) is 5.69 Å². The van der Waals surface area contributed by atoms with Crippen LogP contribution in [0, 0.1) is 0 Å². The molecule has 2 aromatic rings. The number of fused-ring (bicyclic) bond motifs is 1. The smallest absolute Gasteiger partial charge is 0.356 e. The lowest BCUT2D eigenvalue weighted by atomic mass is 10.1. The lowest BCUT2D eigenvalue weighted by Gasteiger charge is -2.25. The molecular formula is C18H23N3O3. The third kappa shape index (κ3) is 3.59. The van der Waals surface area contributed by atoms with Crippen LogP contribution in [0.2, 0.25) is 0 Å². The average Bonchev–Trinajstić information content (AvgIpc) is 2.99. The number of esters is 1. The van der Waals surface area contributed by atoms with Crippen molar-refractivity contribution in [1.29, 1.82) is 0 Å². The van der Waals surface area contributed by atoms with Crippen molar-refractivity contribution in [3.8, 4) is 0 Å². The van der Waals surface area contributed by atoms with Gasteiger partial charge in [0.1, 0.15) is 5.69 Å². The number of ether oxygens (including phenoxy) is 1. The summed E-state index contributed by atoms with van der Waals surface area (Å²) in [4.78, 5) is 29.7. The summed E-state index contributed by atoms with van der Waals surface area (Å²) < 4.78 is 4.81. The van der Waals surface area contributed by atoms with Crippen molar-refractivity contribution < 1.29 is 14.3 Å². The van der Waals surface area contributed by atoms with Crippen LogP contribution in [-0.2, 0) is 9.53 Å². The van der Waals surface area contributed by atoms with Crippen molar-refractivity contribution in [2.24, 2.45) is 0 Å². The SMILES string of the molecule is COC(=O)c1[nH]c2ccccc2c1NC(=O)CCN1CCCCC1. The summed E-state index contributed by atoms with van der Waals surface area (Å²) in [7, 11) is 1.33. The summed E-state index contributed by atoms with van der Waals surface area (Å²) in [6, 6.07) is 7.49. The number of rotatable bonds is 5. The van der Waals surface area contributed by atoms with Gasteiger partial charge in [-0.3, -0.25) is 4.79 Å². The Balaban J connectivity index is 1.73. The number of aromatic amines is 1. The summed E-state index contributed by atoms with van der Waals surface area (Å²) in [6.45, 7) is 2.88. The fraction of sp³-hybridized carbons (Fsp3) is 0.444. The lowest BCUT2D eigenvalue weighted by Crippen LogP contribution is -2.32. The second-order valence-electron chi connectivity index (χ2n) is 6.11. The van der Waals surface area contributed by atoms with Crippen molar-refractivity contribution in [2.75, 3.05) is 32.1 Å². The quantitative estimate of drug-likeness (QED) is 0.827. The minimum absolute atomic E-state index is 0.0875. The maximum absolute atomic E-state index is 12.4. The number of nitrogens with zero attached hydrogens (tertiary/aromatic N) is 1. The van der Waals surface area contributed by atoms with Gasteiger partial charge >= 0.3 is 5.97 Å². The molecule has 1 aromatic heterocycles. The Kier molecular flexibility index (Phi) is 5.15. The normalized spacial score (nSPS) is 15.4. The Hall–Kier alpha value is -2.34. The minimum atomic E-state index is -0.488. The molecule has 0 aliphatic carbocycles. The molecule has 3 rings (SSSR count). The fourth-order valence-corrected chi connectivity index (χ4v) is 3.17. The number of likely N-dealkylation sites (tertiary alicyclic amines) is 1. The number of methoxy groups -OCH3 is 1. The van der Waals surface area contributed by atoms with E-state index in [1.807, 2.05) is 24.3 Å². The average molecular weight is 329 g/mol. The highest BCUT2D eigenvalue weighted by Crippen LogP contribution is 2.28. The van der Waals surface area contributed by atoms with Gasteiger partial charge in [0.15, 0.2) is 0 Å². The standard InChI is InChI=1S/C18H23N3O3/c1-24-18(23)17-16(13-7-3-4-8-14(13)19-17)20-15(22)9-12-21-10-5-2-6-11-21/h3-4,7-8,19H,2,5-6,9-12H2,1H3,(H,20,22). The highest BCUT2D eigenvalue weighted by Gasteiger charge is 2.20. The molecule has 1 saturated heterocycles. The van der Waals surface area contributed by atoms with Crippen molar-refractivity contribution in [1.82, 2.24) is 9.88 Å². The van der Waals surface area contributed by atoms with E-state index in [1.54, 1.807) is 0 Å². The van der Waals surface area contributed by atoms with E-state index >= 15 is 0 Å². The Bertz CT molecular complexity index is 732. The molecule has 0 saturated carbocycles. The van der Waals surface area contributed by atoms with Gasteiger partial charge in [-0.2, -0.15) is 0 Å². The predicted molar refractivity (Wildman–Crippen MR) is 93.2 cm³/mol. The Morgan fingerprint density at radius 1 is 1.21 bits per heavy atom. The number of carbonyl (C=O) groups excluding carboxylic acids is 2. The number of aromatic nitrogens is 1. The third-order valence-corrected chi connectivity index (χ3v) is 4.46. The zero-order chi connectivity index (χ0) is 16.9. The van der Waals surface area contributed by atoms with Crippen LogP contribution in [0.1, 0.15) is 36.2 Å². The van der Waals surface area contributed by atoms with Gasteiger partial charge in [0.05, 0.1) is 12.8 Å². The van der Waals surface area contributed by atoms with Crippen LogP contribution >= 0.6 is 0 Å². The molecule has 1 aliphatic rings. The zero-order valence-electron chi connectivity index (χ0n) is 13.9. The van der Waals surface area contributed by atoms with Crippen molar-refractivity contribution in [3.05, 3.63) is 30.0 Å². The van der Waals surface area contributed by atoms with E-state index in [9.17, 15) is 9.59 Å². The molecular weight excluding hydrogens is 306 g/mol. The van der Waals surface area contributed by atoms with E-state index in [2.05, 4.69) is 15.2 Å². The number of carbonyl (C=O) groups is 2. The Morgan fingerprint density at radius 2 is 1.96 bits per heavy atom. The first-order valence-corrected chi connectivity index (χ1v) is 8.40. The Labute approximate surface area is 141 Å². The van der Waals surface area contributed by atoms with Crippen molar-refractivity contribution in [2.45, 2.75) is 25.7 Å². The molecule has 0 radical (unpaired) electrons. The fourth-order valence-electron chi connectivity index (χ4n) is 3.17. The van der Waals surface area contributed by atoms with E-state index < -0.39 is 5.97 Å². The van der Waals surface area contributed by atoms with Gasteiger partial charge in [0, 0.05) is 23.9 Å². The third-order valence-electron chi connectivity index (χ3n) is 4.46. The van der Waals surface area contributed by atoms with E-state index in [-0.39, 0.29) is 11.6 Å². The molecule has 128 valence electrons. The first-order valence-electron chi connectivity index (χ1n) is 8.40. The predicted octanol–water partition coefficient (Wildman–Crippen LogP) is 2.77. The molecule has 1 amide bonds. The van der Waals surface area contributed by atoms with Crippen LogP contribution in [-0.4, -0.2) is 48.5 Å². The van der Waals surface area contributed by atoms with Gasteiger partial charge in [-0.05, 0) is 32.0 Å².